The van der Waals surface area contributed by atoms with Crippen molar-refractivity contribution < 1.29 is 4.79 Å². The Hall–Kier alpha value is -1.30. The quantitative estimate of drug-likeness (QED) is 0.770. The Balaban J connectivity index is 2.54. The Morgan fingerprint density at radius 3 is 2.71 bits per heavy atom. The number of hydrogen-bond acceptors (Lipinski definition) is 5. The fourth-order valence-electron chi connectivity index (χ4n) is 0.827. The monoisotopic (exact) mass is 214 g/mol. The number of nitrogens with two attached hydrogens (primary N) is 1. The van der Waals surface area contributed by atoms with Gasteiger partial charge in [0, 0.05) is 19.7 Å². The van der Waals surface area contributed by atoms with Gasteiger partial charge in [0.25, 0.3) is 0 Å². The second-order valence-corrected chi connectivity index (χ2v) is 3.94. The van der Waals surface area contributed by atoms with Gasteiger partial charge in [-0.15, -0.1) is 0 Å². The van der Waals surface area contributed by atoms with E-state index in [2.05, 4.69) is 9.69 Å². The Labute approximate surface area is 87.1 Å². The van der Waals surface area contributed by atoms with E-state index in [0.29, 0.717) is 5.82 Å². The van der Waals surface area contributed by atoms with E-state index >= 15 is 0 Å². The number of amides is 1. The molecular weight excluding hydrogens is 200 g/mol. The van der Waals surface area contributed by atoms with Gasteiger partial charge >= 0.3 is 0 Å². The van der Waals surface area contributed by atoms with Crippen molar-refractivity contribution in [3.8, 4) is 0 Å². The number of nitrogen functional groups attached to an aromatic ring is 1. The summed E-state index contributed by atoms with van der Waals surface area (Å²) in [6.07, 6.45) is 0. The molecule has 78 valence electrons. The number of hydrogen-bond donors (Lipinski definition) is 2. The van der Waals surface area contributed by atoms with Crippen LogP contribution in [-0.4, -0.2) is 35.8 Å². The predicted octanol–water partition coefficient (Wildman–Crippen LogP) is 0.534. The summed E-state index contributed by atoms with van der Waals surface area (Å²) in [7, 11) is 3.44. The Bertz CT molecular complexity index is 334. The summed E-state index contributed by atoms with van der Waals surface area (Å²) in [6.45, 7) is 2.15. The second-order valence-electron chi connectivity index (χ2n) is 3.16. The Morgan fingerprint density at radius 2 is 2.29 bits per heavy atom. The molecule has 0 unspecified atom stereocenters. The fourth-order valence-corrected chi connectivity index (χ4v) is 1.53. The molecule has 5 nitrogen and oxygen atoms in total. The average Bonchev–Trinajstić information content (AvgIpc) is 2.44. The van der Waals surface area contributed by atoms with Crippen LogP contribution in [0.4, 0.5) is 10.8 Å². The first-order chi connectivity index (χ1) is 6.52. The third-order valence-electron chi connectivity index (χ3n) is 1.86. The van der Waals surface area contributed by atoms with E-state index in [1.165, 1.54) is 16.4 Å². The second kappa shape index (κ2) is 4.28. The molecule has 14 heavy (non-hydrogen) atoms. The van der Waals surface area contributed by atoms with Gasteiger partial charge in [0.1, 0.15) is 10.8 Å². The molecule has 1 rings (SSSR count). The summed E-state index contributed by atoms with van der Waals surface area (Å²) in [5.74, 6) is 0.547. The summed E-state index contributed by atoms with van der Waals surface area (Å²) < 4.78 is 3.97. The van der Waals surface area contributed by atoms with Crippen molar-refractivity contribution in [3.05, 3.63) is 5.56 Å². The normalized spacial score (nSPS) is 9.93. The van der Waals surface area contributed by atoms with Crippen molar-refractivity contribution in [3.63, 3.8) is 0 Å². The maximum atomic E-state index is 11.3. The molecule has 1 aromatic heterocycles. The van der Waals surface area contributed by atoms with Crippen molar-refractivity contribution >= 4 is 28.3 Å². The summed E-state index contributed by atoms with van der Waals surface area (Å²) in [4.78, 5) is 12.8. The van der Waals surface area contributed by atoms with Crippen molar-refractivity contribution in [2.24, 2.45) is 0 Å². The summed E-state index contributed by atoms with van der Waals surface area (Å²) in [6, 6.07) is 0. The summed E-state index contributed by atoms with van der Waals surface area (Å²) >= 11 is 1.27. The highest BCUT2D eigenvalue weighted by atomic mass is 32.1. The molecule has 0 bridgehead atoms. The van der Waals surface area contributed by atoms with Gasteiger partial charge in [-0.1, -0.05) is 0 Å². The van der Waals surface area contributed by atoms with Crippen LogP contribution in [0.5, 0.6) is 0 Å². The van der Waals surface area contributed by atoms with Gasteiger partial charge in [0.15, 0.2) is 0 Å². The summed E-state index contributed by atoms with van der Waals surface area (Å²) in [5.41, 5.74) is 6.47. The van der Waals surface area contributed by atoms with Crippen LogP contribution in [0.15, 0.2) is 0 Å². The smallest absolute Gasteiger partial charge is 0.241 e. The molecule has 0 aliphatic rings. The lowest BCUT2D eigenvalue weighted by Gasteiger charge is -2.10. The maximum Gasteiger partial charge on any atom is 0.241 e. The van der Waals surface area contributed by atoms with E-state index in [-0.39, 0.29) is 12.5 Å². The molecule has 0 saturated heterocycles. The lowest BCUT2D eigenvalue weighted by Crippen LogP contribution is -2.28. The highest BCUT2D eigenvalue weighted by molar-refractivity contribution is 7.10. The topological polar surface area (TPSA) is 71.2 Å². The van der Waals surface area contributed by atoms with Crippen LogP contribution < -0.4 is 11.1 Å². The standard InChI is InChI=1S/C8H14N4OS/c1-5-7(9)11-14-8(5)10-4-6(13)12(2)3/h10H,4H2,1-3H3,(H2,9,11). The molecule has 0 saturated carbocycles. The van der Waals surface area contributed by atoms with Crippen LogP contribution in [0.1, 0.15) is 5.56 Å². The van der Waals surface area contributed by atoms with E-state index < -0.39 is 0 Å². The first kappa shape index (κ1) is 10.8. The average molecular weight is 214 g/mol. The van der Waals surface area contributed by atoms with Crippen molar-refractivity contribution in [1.82, 2.24) is 9.27 Å². The minimum atomic E-state index is 0.0244. The van der Waals surface area contributed by atoms with Crippen LogP contribution in [0.25, 0.3) is 0 Å². The van der Waals surface area contributed by atoms with E-state index in [0.717, 1.165) is 10.6 Å². The van der Waals surface area contributed by atoms with Crippen molar-refractivity contribution in [2.45, 2.75) is 6.92 Å². The van der Waals surface area contributed by atoms with Gasteiger partial charge in [-0.05, 0) is 18.5 Å². The van der Waals surface area contributed by atoms with Crippen LogP contribution >= 0.6 is 11.5 Å². The highest BCUT2D eigenvalue weighted by Gasteiger charge is 2.08. The fraction of sp³-hybridized carbons (Fsp3) is 0.500. The van der Waals surface area contributed by atoms with Crippen LogP contribution in [-0.2, 0) is 4.79 Å². The molecule has 0 aliphatic carbocycles. The minimum Gasteiger partial charge on any atom is -0.383 e. The van der Waals surface area contributed by atoms with Gasteiger partial charge in [0.2, 0.25) is 5.91 Å². The SMILES string of the molecule is Cc1c(N)nsc1NCC(=O)N(C)C. The van der Waals surface area contributed by atoms with Gasteiger partial charge in [-0.25, -0.2) is 0 Å². The molecule has 3 N–H and O–H groups in total. The lowest BCUT2D eigenvalue weighted by atomic mass is 10.3. The van der Waals surface area contributed by atoms with Crippen LogP contribution in [0.2, 0.25) is 0 Å². The molecule has 0 aliphatic heterocycles. The van der Waals surface area contributed by atoms with Crippen LogP contribution in [0, 0.1) is 6.92 Å². The zero-order chi connectivity index (χ0) is 10.7. The van der Waals surface area contributed by atoms with E-state index in [9.17, 15) is 4.79 Å². The van der Waals surface area contributed by atoms with Crippen molar-refractivity contribution in [2.75, 3.05) is 31.7 Å². The molecule has 0 fully saturated rings. The molecule has 6 heteroatoms. The molecule has 1 aromatic rings. The number of nitrogens with zero attached hydrogens (tertiary/aromatic N) is 2. The molecule has 0 spiro atoms. The molecule has 0 atom stereocenters. The number of anilines is 2. The molecule has 1 heterocycles. The molecule has 1 amide bonds. The highest BCUT2D eigenvalue weighted by Crippen LogP contribution is 2.24. The first-order valence-corrected chi connectivity index (χ1v) is 4.95. The lowest BCUT2D eigenvalue weighted by molar-refractivity contribution is -0.126. The number of nitrogens with one attached hydrogen (secondary N) is 1. The third kappa shape index (κ3) is 2.35. The van der Waals surface area contributed by atoms with E-state index in [1.807, 2.05) is 6.92 Å². The van der Waals surface area contributed by atoms with Gasteiger partial charge in [-0.3, -0.25) is 4.79 Å². The van der Waals surface area contributed by atoms with Gasteiger partial charge in [0.05, 0.1) is 6.54 Å². The Kier molecular flexibility index (Phi) is 3.29. The molecule has 0 radical (unpaired) electrons. The van der Waals surface area contributed by atoms with E-state index in [4.69, 9.17) is 5.73 Å². The number of likely N-dealkylation sites (N-methyl/N-ethyl adjacent to an activating group) is 1. The summed E-state index contributed by atoms with van der Waals surface area (Å²) in [5, 5.41) is 3.86. The van der Waals surface area contributed by atoms with Crippen LogP contribution in [0.3, 0.4) is 0 Å². The maximum absolute atomic E-state index is 11.3. The van der Waals surface area contributed by atoms with Gasteiger partial charge < -0.3 is 16.0 Å². The number of carbonyl (C=O) groups is 1. The molecular formula is C8H14N4OS. The number of carbonyl (C=O) groups excluding carboxylic acids is 1. The van der Waals surface area contributed by atoms with Crippen molar-refractivity contribution in [1.29, 1.82) is 0 Å². The number of aromatic nitrogens is 1. The van der Waals surface area contributed by atoms with Gasteiger partial charge in [-0.2, -0.15) is 4.37 Å². The minimum absolute atomic E-state index is 0.0244. The zero-order valence-corrected chi connectivity index (χ0v) is 9.31. The largest absolute Gasteiger partial charge is 0.383 e. The predicted molar refractivity (Wildman–Crippen MR) is 58.4 cm³/mol. The van der Waals surface area contributed by atoms with E-state index in [1.54, 1.807) is 14.1 Å². The zero-order valence-electron chi connectivity index (χ0n) is 8.50. The molecule has 0 aromatic carbocycles. The third-order valence-corrected chi connectivity index (χ3v) is 2.78. The first-order valence-electron chi connectivity index (χ1n) is 4.18. The Morgan fingerprint density at radius 1 is 1.64 bits per heavy atom. The number of rotatable bonds is 3.